The van der Waals surface area contributed by atoms with Gasteiger partial charge in [-0.1, -0.05) is 0 Å². The number of aliphatic carboxylic acids is 1. The van der Waals surface area contributed by atoms with Crippen LogP contribution < -0.4 is 10.4 Å². The van der Waals surface area contributed by atoms with Gasteiger partial charge in [-0.25, -0.2) is 9.59 Å². The van der Waals surface area contributed by atoms with Crippen molar-refractivity contribution in [3.8, 4) is 5.75 Å². The van der Waals surface area contributed by atoms with Gasteiger partial charge in [-0.05, 0) is 50.3 Å². The first kappa shape index (κ1) is 13.7. The Labute approximate surface area is 121 Å². The first-order chi connectivity index (χ1) is 10.1. The van der Waals surface area contributed by atoms with Crippen LogP contribution in [0, 0.1) is 6.92 Å². The van der Waals surface area contributed by atoms with E-state index in [-0.39, 0.29) is 5.63 Å². The predicted octanol–water partition coefficient (Wildman–Crippen LogP) is 2.44. The fourth-order valence-electron chi connectivity index (χ4n) is 2.92. The standard InChI is InChI=1S/C16H16O5/c1-9-13(20-8-14(17)18)7-6-11-10-4-2-3-5-12(10)16(19)21-15(9)11/h6-7H,2-5,8H2,1H3,(H,17,18). The second kappa shape index (κ2) is 5.24. The number of rotatable bonds is 3. The van der Waals surface area contributed by atoms with Gasteiger partial charge >= 0.3 is 11.6 Å². The summed E-state index contributed by atoms with van der Waals surface area (Å²) in [7, 11) is 0. The Hall–Kier alpha value is -2.30. The Kier molecular flexibility index (Phi) is 3.41. The molecular weight excluding hydrogens is 272 g/mol. The highest BCUT2D eigenvalue weighted by Gasteiger charge is 2.20. The molecular formula is C16H16O5. The lowest BCUT2D eigenvalue weighted by atomic mass is 9.90. The molecule has 0 radical (unpaired) electrons. The summed E-state index contributed by atoms with van der Waals surface area (Å²) in [5.41, 5.74) is 2.74. The molecule has 1 aromatic heterocycles. The van der Waals surface area contributed by atoms with Crippen LogP contribution in [0.15, 0.2) is 21.3 Å². The highest BCUT2D eigenvalue weighted by Crippen LogP contribution is 2.32. The predicted molar refractivity (Wildman–Crippen MR) is 77.0 cm³/mol. The summed E-state index contributed by atoms with van der Waals surface area (Å²) in [6, 6.07) is 3.60. The van der Waals surface area contributed by atoms with E-state index in [1.165, 1.54) is 0 Å². The van der Waals surface area contributed by atoms with Crippen LogP contribution in [0.2, 0.25) is 0 Å². The van der Waals surface area contributed by atoms with Crippen LogP contribution in [0.3, 0.4) is 0 Å². The average Bonchev–Trinajstić information content (AvgIpc) is 2.47. The van der Waals surface area contributed by atoms with Crippen molar-refractivity contribution < 1.29 is 19.1 Å². The summed E-state index contributed by atoms with van der Waals surface area (Å²) in [5, 5.41) is 9.62. The van der Waals surface area contributed by atoms with Crippen LogP contribution in [0.1, 0.15) is 29.5 Å². The van der Waals surface area contributed by atoms with Crippen molar-refractivity contribution in [1.29, 1.82) is 0 Å². The zero-order chi connectivity index (χ0) is 15.0. The van der Waals surface area contributed by atoms with Crippen molar-refractivity contribution in [2.45, 2.75) is 32.6 Å². The Morgan fingerprint density at radius 1 is 1.29 bits per heavy atom. The van der Waals surface area contributed by atoms with Gasteiger partial charge in [0.1, 0.15) is 11.3 Å². The Morgan fingerprint density at radius 2 is 2.00 bits per heavy atom. The quantitative estimate of drug-likeness (QED) is 0.878. The molecule has 0 aliphatic heterocycles. The van der Waals surface area contributed by atoms with Crippen molar-refractivity contribution in [3.63, 3.8) is 0 Å². The lowest BCUT2D eigenvalue weighted by Gasteiger charge is -2.17. The van der Waals surface area contributed by atoms with Gasteiger partial charge in [0.15, 0.2) is 6.61 Å². The number of carboxylic acids is 1. The molecule has 110 valence electrons. The molecule has 0 bridgehead atoms. The van der Waals surface area contributed by atoms with Gasteiger partial charge in [-0.2, -0.15) is 0 Å². The zero-order valence-corrected chi connectivity index (χ0v) is 11.8. The third-order valence-electron chi connectivity index (χ3n) is 3.94. The molecule has 5 heteroatoms. The smallest absolute Gasteiger partial charge is 0.341 e. The molecule has 0 saturated carbocycles. The molecule has 0 saturated heterocycles. The topological polar surface area (TPSA) is 76.7 Å². The second-order valence-electron chi connectivity index (χ2n) is 5.30. The number of carboxylic acid groups (broad SMARTS) is 1. The summed E-state index contributed by atoms with van der Waals surface area (Å²) in [5.74, 6) is -0.606. The Bertz CT molecular complexity index is 772. The van der Waals surface area contributed by atoms with Crippen LogP contribution in [0.25, 0.3) is 11.0 Å². The van der Waals surface area contributed by atoms with E-state index in [2.05, 4.69) is 0 Å². The molecule has 0 unspecified atom stereocenters. The highest BCUT2D eigenvalue weighted by atomic mass is 16.5. The van der Waals surface area contributed by atoms with Crippen molar-refractivity contribution in [2.24, 2.45) is 0 Å². The van der Waals surface area contributed by atoms with E-state index in [9.17, 15) is 9.59 Å². The van der Waals surface area contributed by atoms with Gasteiger partial charge < -0.3 is 14.3 Å². The van der Waals surface area contributed by atoms with Crippen molar-refractivity contribution >= 4 is 16.9 Å². The normalized spacial score (nSPS) is 14.0. The zero-order valence-electron chi connectivity index (χ0n) is 11.8. The maximum Gasteiger partial charge on any atom is 0.341 e. The van der Waals surface area contributed by atoms with Crippen molar-refractivity contribution in [2.75, 3.05) is 6.61 Å². The lowest BCUT2D eigenvalue weighted by molar-refractivity contribution is -0.139. The number of hydrogen-bond donors (Lipinski definition) is 1. The molecule has 0 spiro atoms. The number of aryl methyl sites for hydroxylation is 2. The van der Waals surface area contributed by atoms with Crippen LogP contribution >= 0.6 is 0 Å². The molecule has 0 amide bonds. The summed E-state index contributed by atoms with van der Waals surface area (Å²) in [4.78, 5) is 22.7. The molecule has 21 heavy (non-hydrogen) atoms. The highest BCUT2D eigenvalue weighted by molar-refractivity contribution is 5.86. The third kappa shape index (κ3) is 2.39. The second-order valence-corrected chi connectivity index (χ2v) is 5.30. The number of benzene rings is 1. The Morgan fingerprint density at radius 3 is 2.71 bits per heavy atom. The molecule has 2 aromatic rings. The van der Waals surface area contributed by atoms with E-state index < -0.39 is 12.6 Å². The fraction of sp³-hybridized carbons (Fsp3) is 0.375. The van der Waals surface area contributed by atoms with Gasteiger partial charge in [0, 0.05) is 16.5 Å². The van der Waals surface area contributed by atoms with Crippen LogP contribution in [0.4, 0.5) is 0 Å². The van der Waals surface area contributed by atoms with Crippen molar-refractivity contribution in [3.05, 3.63) is 39.2 Å². The van der Waals surface area contributed by atoms with E-state index in [0.717, 1.165) is 42.2 Å². The largest absolute Gasteiger partial charge is 0.481 e. The maximum atomic E-state index is 12.1. The summed E-state index contributed by atoms with van der Waals surface area (Å²) in [6.45, 7) is 1.36. The van der Waals surface area contributed by atoms with Crippen LogP contribution in [-0.2, 0) is 17.6 Å². The Balaban J connectivity index is 2.16. The van der Waals surface area contributed by atoms with Gasteiger partial charge in [-0.15, -0.1) is 0 Å². The van der Waals surface area contributed by atoms with Crippen molar-refractivity contribution in [1.82, 2.24) is 0 Å². The van der Waals surface area contributed by atoms with E-state index in [1.54, 1.807) is 13.0 Å². The lowest BCUT2D eigenvalue weighted by Crippen LogP contribution is -2.16. The van der Waals surface area contributed by atoms with Gasteiger partial charge in [0.2, 0.25) is 0 Å². The molecule has 5 nitrogen and oxygen atoms in total. The minimum Gasteiger partial charge on any atom is -0.481 e. The maximum absolute atomic E-state index is 12.1. The summed E-state index contributed by atoms with van der Waals surface area (Å²) in [6.07, 6.45) is 3.74. The van der Waals surface area contributed by atoms with Crippen LogP contribution in [-0.4, -0.2) is 17.7 Å². The number of hydrogen-bond acceptors (Lipinski definition) is 4. The molecule has 1 heterocycles. The number of fused-ring (bicyclic) bond motifs is 3. The fourth-order valence-corrected chi connectivity index (χ4v) is 2.92. The van der Waals surface area contributed by atoms with Gasteiger partial charge in [0.25, 0.3) is 0 Å². The first-order valence-corrected chi connectivity index (χ1v) is 7.00. The first-order valence-electron chi connectivity index (χ1n) is 7.00. The van der Waals surface area contributed by atoms with Gasteiger partial charge in [0.05, 0.1) is 0 Å². The minimum absolute atomic E-state index is 0.282. The molecule has 1 N–H and O–H groups in total. The summed E-state index contributed by atoms with van der Waals surface area (Å²) >= 11 is 0. The molecule has 1 aliphatic carbocycles. The molecule has 1 aliphatic rings. The average molecular weight is 288 g/mol. The van der Waals surface area contributed by atoms with E-state index >= 15 is 0 Å². The monoisotopic (exact) mass is 288 g/mol. The van der Waals surface area contributed by atoms with E-state index in [1.807, 2.05) is 6.07 Å². The summed E-state index contributed by atoms with van der Waals surface area (Å²) < 4.78 is 10.7. The molecule has 0 atom stereocenters. The third-order valence-corrected chi connectivity index (χ3v) is 3.94. The molecule has 0 fully saturated rings. The SMILES string of the molecule is Cc1c(OCC(=O)O)ccc2c3c(c(=O)oc12)CCCC3. The van der Waals surface area contributed by atoms with Crippen LogP contribution in [0.5, 0.6) is 5.75 Å². The number of ether oxygens (including phenoxy) is 1. The molecule has 1 aromatic carbocycles. The molecule has 3 rings (SSSR count). The van der Waals surface area contributed by atoms with E-state index in [4.69, 9.17) is 14.3 Å². The number of carbonyl (C=O) groups is 1. The van der Waals surface area contributed by atoms with Gasteiger partial charge in [-0.3, -0.25) is 0 Å². The minimum atomic E-state index is -1.04. The van der Waals surface area contributed by atoms with E-state index in [0.29, 0.717) is 16.9 Å².